The number of hydrogen-bond donors (Lipinski definition) is 4. The summed E-state index contributed by atoms with van der Waals surface area (Å²) in [6.07, 6.45) is 0. The zero-order valence-electron chi connectivity index (χ0n) is 26.2. The lowest BCUT2D eigenvalue weighted by molar-refractivity contribution is 0.0686. The highest BCUT2D eigenvalue weighted by Gasteiger charge is 2.20. The standard InChI is InChI=1S/C40H26O9.H3P/c41-37(42)27-15-7-23(8-16-27)31-3-1-5-33(35(31)25-11-19-29(20-12-25)39(45)46)49-34-6-2-4-32(24-9-17-28(18-10-24)38(43)44)36(34)26-13-21-30(22-14-26)40(47)48;/h1-22H,(H,41,42)(H,43,44)(H,45,46)(H,47,48);1H3. The molecular weight excluding hydrogens is 655 g/mol. The van der Waals surface area contributed by atoms with Crippen molar-refractivity contribution < 1.29 is 44.3 Å². The molecule has 0 spiro atoms. The molecule has 1 unspecified atom stereocenters. The molecule has 6 aromatic carbocycles. The van der Waals surface area contributed by atoms with Crippen LogP contribution in [0, 0.1) is 0 Å². The molecule has 0 radical (unpaired) electrons. The maximum absolute atomic E-state index is 11.6. The van der Waals surface area contributed by atoms with Crippen molar-refractivity contribution in [2.75, 3.05) is 0 Å². The summed E-state index contributed by atoms with van der Waals surface area (Å²) in [4.78, 5) is 46.3. The third-order valence-electron chi connectivity index (χ3n) is 8.00. The van der Waals surface area contributed by atoms with E-state index < -0.39 is 23.9 Å². The number of benzene rings is 6. The number of ether oxygens (including phenoxy) is 1. The smallest absolute Gasteiger partial charge is 0.335 e. The van der Waals surface area contributed by atoms with Gasteiger partial charge in [0.1, 0.15) is 11.5 Å². The van der Waals surface area contributed by atoms with Gasteiger partial charge in [-0.3, -0.25) is 0 Å². The van der Waals surface area contributed by atoms with Crippen LogP contribution in [-0.4, -0.2) is 44.3 Å². The lowest BCUT2D eigenvalue weighted by Gasteiger charge is -2.20. The molecule has 0 aliphatic carbocycles. The monoisotopic (exact) mass is 684 g/mol. The van der Waals surface area contributed by atoms with Gasteiger partial charge < -0.3 is 25.2 Å². The quantitative estimate of drug-likeness (QED) is 0.103. The first-order valence-electron chi connectivity index (χ1n) is 14.9. The van der Waals surface area contributed by atoms with Crippen LogP contribution >= 0.6 is 9.90 Å². The zero-order chi connectivity index (χ0) is 34.7. The summed E-state index contributed by atoms with van der Waals surface area (Å²) in [5.74, 6) is -3.46. The van der Waals surface area contributed by atoms with Gasteiger partial charge in [0.2, 0.25) is 0 Å². The van der Waals surface area contributed by atoms with E-state index in [2.05, 4.69) is 0 Å². The van der Waals surface area contributed by atoms with Crippen LogP contribution in [0.25, 0.3) is 44.5 Å². The molecule has 9 nitrogen and oxygen atoms in total. The third kappa shape index (κ3) is 7.13. The van der Waals surface area contributed by atoms with Crippen LogP contribution < -0.4 is 4.74 Å². The number of carbonyl (C=O) groups is 4. The van der Waals surface area contributed by atoms with Crippen LogP contribution in [0.15, 0.2) is 133 Å². The van der Waals surface area contributed by atoms with E-state index in [-0.39, 0.29) is 32.2 Å². The second-order valence-electron chi connectivity index (χ2n) is 11.0. The Labute approximate surface area is 289 Å². The highest BCUT2D eigenvalue weighted by atomic mass is 31.0. The molecule has 0 fully saturated rings. The summed E-state index contributed by atoms with van der Waals surface area (Å²) in [7, 11) is 0. The van der Waals surface area contributed by atoms with E-state index in [9.17, 15) is 39.6 Å². The molecule has 6 aromatic rings. The molecule has 10 heteroatoms. The van der Waals surface area contributed by atoms with Gasteiger partial charge >= 0.3 is 23.9 Å². The summed E-state index contributed by atoms with van der Waals surface area (Å²) in [6, 6.07) is 36.2. The predicted octanol–water partition coefficient (Wildman–Crippen LogP) is 9.00. The van der Waals surface area contributed by atoms with Gasteiger partial charge in [0, 0.05) is 11.1 Å². The van der Waals surface area contributed by atoms with Gasteiger partial charge in [0.15, 0.2) is 0 Å². The average Bonchev–Trinajstić information content (AvgIpc) is 3.11. The van der Waals surface area contributed by atoms with Crippen LogP contribution in [0.2, 0.25) is 0 Å². The number of rotatable bonds is 10. The van der Waals surface area contributed by atoms with Crippen molar-refractivity contribution in [1.29, 1.82) is 0 Å². The first-order chi connectivity index (χ1) is 23.6. The van der Waals surface area contributed by atoms with E-state index >= 15 is 0 Å². The number of carboxylic acids is 4. The van der Waals surface area contributed by atoms with Crippen LogP contribution in [0.1, 0.15) is 41.4 Å². The number of aromatic carboxylic acids is 4. The van der Waals surface area contributed by atoms with Gasteiger partial charge in [-0.15, -0.1) is 0 Å². The van der Waals surface area contributed by atoms with E-state index in [4.69, 9.17) is 4.74 Å². The molecule has 0 aromatic heterocycles. The van der Waals surface area contributed by atoms with Crippen molar-refractivity contribution >= 4 is 33.8 Å². The average molecular weight is 685 g/mol. The fourth-order valence-corrected chi connectivity index (χ4v) is 5.57. The van der Waals surface area contributed by atoms with E-state index in [0.717, 1.165) is 0 Å². The SMILES string of the molecule is O=C(O)c1ccc(-c2cccc(Oc3cccc(-c4ccc(C(=O)O)cc4)c3-c3ccc(C(=O)O)cc3)c2-c2ccc(C(=O)O)cc2)cc1.P. The van der Waals surface area contributed by atoms with Crippen molar-refractivity contribution in [2.24, 2.45) is 0 Å². The van der Waals surface area contributed by atoms with Gasteiger partial charge in [0.05, 0.1) is 22.3 Å². The van der Waals surface area contributed by atoms with Crippen molar-refractivity contribution in [1.82, 2.24) is 0 Å². The van der Waals surface area contributed by atoms with Gasteiger partial charge in [-0.05, 0) is 94.0 Å². The molecule has 0 amide bonds. The maximum Gasteiger partial charge on any atom is 0.335 e. The molecule has 248 valence electrons. The van der Waals surface area contributed by atoms with Crippen molar-refractivity contribution in [3.05, 3.63) is 156 Å². The topological polar surface area (TPSA) is 158 Å². The summed E-state index contributed by atoms with van der Waals surface area (Å²) >= 11 is 0. The largest absolute Gasteiger partial charge is 0.478 e. The predicted molar refractivity (Wildman–Crippen MR) is 194 cm³/mol. The Hall–Kier alpha value is -6.57. The Morgan fingerprint density at radius 2 is 0.620 bits per heavy atom. The molecule has 0 bridgehead atoms. The molecule has 4 N–H and O–H groups in total. The Bertz CT molecular complexity index is 2060. The molecule has 0 heterocycles. The minimum absolute atomic E-state index is 0. The van der Waals surface area contributed by atoms with Crippen LogP contribution in [0.3, 0.4) is 0 Å². The zero-order valence-corrected chi connectivity index (χ0v) is 27.7. The molecule has 1 atom stereocenters. The Morgan fingerprint density at radius 3 is 0.880 bits per heavy atom. The summed E-state index contributed by atoms with van der Waals surface area (Å²) in [6.45, 7) is 0. The molecule has 0 saturated carbocycles. The Kier molecular flexibility index (Phi) is 10.2. The van der Waals surface area contributed by atoms with E-state index in [1.54, 1.807) is 72.8 Å². The van der Waals surface area contributed by atoms with Crippen LogP contribution in [0.4, 0.5) is 0 Å². The molecule has 50 heavy (non-hydrogen) atoms. The summed E-state index contributed by atoms with van der Waals surface area (Å²) in [5, 5.41) is 37.9. The third-order valence-corrected chi connectivity index (χ3v) is 8.00. The molecule has 0 aliphatic heterocycles. The van der Waals surface area contributed by atoms with Crippen molar-refractivity contribution in [3.8, 4) is 56.0 Å². The van der Waals surface area contributed by atoms with Crippen LogP contribution in [-0.2, 0) is 0 Å². The fourth-order valence-electron chi connectivity index (χ4n) is 5.57. The number of carboxylic acid groups (broad SMARTS) is 4. The minimum atomic E-state index is -1.08. The summed E-state index contributed by atoms with van der Waals surface area (Å²) in [5.41, 5.74) is 5.76. The van der Waals surface area contributed by atoms with Crippen LogP contribution in [0.5, 0.6) is 11.5 Å². The Morgan fingerprint density at radius 1 is 0.360 bits per heavy atom. The highest BCUT2D eigenvalue weighted by molar-refractivity contribution is 6.92. The maximum atomic E-state index is 11.6. The molecule has 6 rings (SSSR count). The van der Waals surface area contributed by atoms with E-state index in [0.29, 0.717) is 56.0 Å². The van der Waals surface area contributed by atoms with E-state index in [1.165, 1.54) is 48.5 Å². The Balaban J connectivity index is 0.00000486. The summed E-state index contributed by atoms with van der Waals surface area (Å²) < 4.78 is 6.73. The lowest BCUT2D eigenvalue weighted by atomic mass is 9.91. The second kappa shape index (κ2) is 14.7. The fraction of sp³-hybridized carbons (Fsp3) is 0. The van der Waals surface area contributed by atoms with Gasteiger partial charge in [0.25, 0.3) is 0 Å². The van der Waals surface area contributed by atoms with E-state index in [1.807, 2.05) is 12.1 Å². The number of hydrogen-bond acceptors (Lipinski definition) is 5. The molecule has 0 saturated heterocycles. The first-order valence-corrected chi connectivity index (χ1v) is 14.9. The van der Waals surface area contributed by atoms with Gasteiger partial charge in [-0.2, -0.15) is 9.90 Å². The first kappa shape index (κ1) is 34.8. The van der Waals surface area contributed by atoms with Gasteiger partial charge in [-0.1, -0.05) is 72.8 Å². The normalized spacial score (nSPS) is 10.5. The highest BCUT2D eigenvalue weighted by Crippen LogP contribution is 2.45. The molecular formula is C40H29O9P. The lowest BCUT2D eigenvalue weighted by Crippen LogP contribution is -1.99. The minimum Gasteiger partial charge on any atom is -0.478 e. The molecule has 0 aliphatic rings. The van der Waals surface area contributed by atoms with Crippen molar-refractivity contribution in [3.63, 3.8) is 0 Å². The second-order valence-corrected chi connectivity index (χ2v) is 11.0. The van der Waals surface area contributed by atoms with Gasteiger partial charge in [-0.25, -0.2) is 19.2 Å². The van der Waals surface area contributed by atoms with Crippen molar-refractivity contribution in [2.45, 2.75) is 0 Å².